The standard InChI is InChI=1S/C26H21ClN4O4S/c1-13-8-9-15(10-14(13)2)30-24(33)22-21(16-6-4-5-7-18(16)27)17(12-28)23(29)31-25(34)19(36-26(22)31)11-20(32)35-3/h4-11,21H,29H2,1-3H3,(H,30,33). The maximum absolute atomic E-state index is 13.8. The number of nitriles is 1. The first-order valence-corrected chi connectivity index (χ1v) is 12.0. The highest BCUT2D eigenvalue weighted by Crippen LogP contribution is 2.39. The summed E-state index contributed by atoms with van der Waals surface area (Å²) in [6.07, 6.45) is 1.03. The molecule has 36 heavy (non-hydrogen) atoms. The molecular weight excluding hydrogens is 500 g/mol. The van der Waals surface area contributed by atoms with E-state index >= 15 is 0 Å². The number of carbonyl (C=O) groups is 2. The maximum atomic E-state index is 13.8. The third kappa shape index (κ3) is 4.33. The fourth-order valence-corrected chi connectivity index (χ4v) is 5.35. The van der Waals surface area contributed by atoms with E-state index in [1.807, 2.05) is 26.0 Å². The number of nitrogens with two attached hydrogens (primary N) is 1. The SMILES string of the molecule is COC(=O)C=c1sc2n(c1=O)C(N)=C(C#N)C(c1ccccc1Cl)C=2C(=O)Nc1ccc(C)c(C)c1. The molecule has 0 saturated heterocycles. The van der Waals surface area contributed by atoms with Gasteiger partial charge in [0, 0.05) is 16.8 Å². The van der Waals surface area contributed by atoms with Gasteiger partial charge in [-0.2, -0.15) is 5.26 Å². The number of rotatable bonds is 4. The second-order valence-electron chi connectivity index (χ2n) is 8.11. The van der Waals surface area contributed by atoms with Crippen molar-refractivity contribution in [2.45, 2.75) is 19.8 Å². The molecule has 0 saturated carbocycles. The molecule has 0 radical (unpaired) electrons. The number of nitrogens with zero attached hydrogens (tertiary/aromatic N) is 2. The largest absolute Gasteiger partial charge is 0.466 e. The number of amides is 1. The van der Waals surface area contributed by atoms with Gasteiger partial charge in [-0.1, -0.05) is 35.9 Å². The number of nitrogens with one attached hydrogen (secondary N) is 1. The zero-order valence-electron chi connectivity index (χ0n) is 19.6. The van der Waals surface area contributed by atoms with Crippen LogP contribution in [0.2, 0.25) is 5.02 Å². The predicted molar refractivity (Wildman–Crippen MR) is 139 cm³/mol. The zero-order valence-corrected chi connectivity index (χ0v) is 21.2. The number of ether oxygens (including phenoxy) is 1. The van der Waals surface area contributed by atoms with E-state index in [-0.39, 0.29) is 26.2 Å². The minimum Gasteiger partial charge on any atom is -0.466 e. The van der Waals surface area contributed by atoms with Gasteiger partial charge < -0.3 is 15.8 Å². The number of esters is 1. The Bertz CT molecular complexity index is 1680. The molecule has 1 atom stereocenters. The Morgan fingerprint density at radius 2 is 1.94 bits per heavy atom. The lowest BCUT2D eigenvalue weighted by Gasteiger charge is -2.26. The fraction of sp³-hybridized carbons (Fsp3) is 0.154. The average Bonchev–Trinajstić information content (AvgIpc) is 3.17. The van der Waals surface area contributed by atoms with Crippen molar-refractivity contribution < 1.29 is 14.3 Å². The Morgan fingerprint density at radius 1 is 1.22 bits per heavy atom. The Kier molecular flexibility index (Phi) is 6.84. The summed E-state index contributed by atoms with van der Waals surface area (Å²) in [5, 5.41) is 13.3. The zero-order chi connectivity index (χ0) is 26.1. The minimum atomic E-state index is -0.945. The molecule has 1 aliphatic rings. The number of methoxy groups -OCH3 is 1. The minimum absolute atomic E-state index is 0.00776. The van der Waals surface area contributed by atoms with Crippen LogP contribution in [-0.4, -0.2) is 23.6 Å². The van der Waals surface area contributed by atoms with Crippen molar-refractivity contribution in [1.29, 1.82) is 5.26 Å². The number of halogens is 1. The highest BCUT2D eigenvalue weighted by atomic mass is 35.5. The molecule has 8 nitrogen and oxygen atoms in total. The number of aromatic nitrogens is 1. The number of hydrogen-bond donors (Lipinski definition) is 2. The molecule has 0 aliphatic carbocycles. The van der Waals surface area contributed by atoms with Gasteiger partial charge in [-0.25, -0.2) is 4.79 Å². The molecule has 1 aliphatic heterocycles. The molecule has 1 unspecified atom stereocenters. The second-order valence-corrected chi connectivity index (χ2v) is 9.55. The predicted octanol–water partition coefficient (Wildman–Crippen LogP) is 2.37. The van der Waals surface area contributed by atoms with Crippen LogP contribution in [0.1, 0.15) is 22.6 Å². The van der Waals surface area contributed by atoms with Gasteiger partial charge in [0.2, 0.25) is 0 Å². The first-order chi connectivity index (χ1) is 17.2. The van der Waals surface area contributed by atoms with Gasteiger partial charge in [0.15, 0.2) is 0 Å². The van der Waals surface area contributed by atoms with E-state index in [2.05, 4.69) is 16.1 Å². The molecule has 1 aromatic heterocycles. The average molecular weight is 521 g/mol. The molecular formula is C26H21ClN4O4S. The first-order valence-electron chi connectivity index (χ1n) is 10.8. The number of anilines is 1. The molecule has 2 heterocycles. The number of benzene rings is 2. The summed E-state index contributed by atoms with van der Waals surface area (Å²) in [6.45, 7) is 3.88. The van der Waals surface area contributed by atoms with Crippen molar-refractivity contribution >= 4 is 58.0 Å². The maximum Gasteiger partial charge on any atom is 0.332 e. The molecule has 0 bridgehead atoms. The number of aryl methyl sites for hydroxylation is 2. The molecule has 2 aromatic carbocycles. The van der Waals surface area contributed by atoms with Crippen LogP contribution >= 0.6 is 22.9 Å². The lowest BCUT2D eigenvalue weighted by Crippen LogP contribution is -2.41. The third-order valence-electron chi connectivity index (χ3n) is 5.94. The number of thiazole rings is 1. The van der Waals surface area contributed by atoms with Crippen molar-refractivity contribution in [2.75, 3.05) is 12.4 Å². The van der Waals surface area contributed by atoms with Gasteiger partial charge in [-0.05, 0) is 48.7 Å². The summed E-state index contributed by atoms with van der Waals surface area (Å²) < 4.78 is 5.94. The van der Waals surface area contributed by atoms with E-state index in [9.17, 15) is 19.6 Å². The quantitative estimate of drug-likeness (QED) is 0.508. The van der Waals surface area contributed by atoms with Gasteiger partial charge in [-0.3, -0.25) is 14.2 Å². The van der Waals surface area contributed by atoms with Crippen LogP contribution in [-0.2, 0) is 14.3 Å². The normalized spacial score (nSPS) is 15.4. The van der Waals surface area contributed by atoms with Gasteiger partial charge in [0.25, 0.3) is 11.5 Å². The number of allylic oxidation sites excluding steroid dienone is 1. The van der Waals surface area contributed by atoms with Crippen LogP contribution in [0.15, 0.2) is 52.8 Å². The summed E-state index contributed by atoms with van der Waals surface area (Å²) in [5.41, 5.74) is 8.84. The molecule has 3 N–H and O–H groups in total. The van der Waals surface area contributed by atoms with Crippen LogP contribution in [0.25, 0.3) is 17.5 Å². The summed E-state index contributed by atoms with van der Waals surface area (Å²) in [4.78, 5) is 38.9. The summed E-state index contributed by atoms with van der Waals surface area (Å²) in [6, 6.07) is 14.3. The van der Waals surface area contributed by atoms with Crippen LogP contribution in [0, 0.1) is 25.2 Å². The summed E-state index contributed by atoms with van der Waals surface area (Å²) in [5.74, 6) is -2.36. The van der Waals surface area contributed by atoms with Crippen molar-refractivity contribution in [3.8, 4) is 6.07 Å². The molecule has 0 spiro atoms. The monoisotopic (exact) mass is 520 g/mol. The topological polar surface area (TPSA) is 127 Å². The Morgan fingerprint density at radius 3 is 2.58 bits per heavy atom. The van der Waals surface area contributed by atoms with E-state index < -0.39 is 23.4 Å². The van der Waals surface area contributed by atoms with E-state index in [0.29, 0.717) is 16.3 Å². The van der Waals surface area contributed by atoms with E-state index in [4.69, 9.17) is 17.3 Å². The van der Waals surface area contributed by atoms with Crippen LogP contribution in [0.4, 0.5) is 5.69 Å². The van der Waals surface area contributed by atoms with E-state index in [1.54, 1.807) is 30.3 Å². The third-order valence-corrected chi connectivity index (χ3v) is 7.40. The lowest BCUT2D eigenvalue weighted by molar-refractivity contribution is -0.133. The number of carbonyl (C=O) groups excluding carboxylic acids is 2. The fourth-order valence-electron chi connectivity index (χ4n) is 3.97. The second kappa shape index (κ2) is 9.85. The van der Waals surface area contributed by atoms with Crippen molar-refractivity contribution in [2.24, 2.45) is 5.73 Å². The molecule has 10 heteroatoms. The lowest BCUT2D eigenvalue weighted by atomic mass is 9.83. The first kappa shape index (κ1) is 25.0. The van der Waals surface area contributed by atoms with Gasteiger partial charge in [-0.15, -0.1) is 11.3 Å². The highest BCUT2D eigenvalue weighted by Gasteiger charge is 2.36. The Labute approximate surface area is 215 Å². The van der Waals surface area contributed by atoms with Crippen LogP contribution < -0.4 is 25.8 Å². The number of hydrogen-bond acceptors (Lipinski definition) is 7. The molecule has 1 amide bonds. The van der Waals surface area contributed by atoms with Gasteiger partial charge >= 0.3 is 5.97 Å². The van der Waals surface area contributed by atoms with Crippen LogP contribution in [0.5, 0.6) is 0 Å². The van der Waals surface area contributed by atoms with Crippen LogP contribution in [0.3, 0.4) is 0 Å². The number of fused-ring (bicyclic) bond motifs is 1. The van der Waals surface area contributed by atoms with Crippen molar-refractivity contribution in [1.82, 2.24) is 4.57 Å². The molecule has 182 valence electrons. The summed E-state index contributed by atoms with van der Waals surface area (Å²) in [7, 11) is 1.19. The van der Waals surface area contributed by atoms with Crippen molar-refractivity contribution in [3.63, 3.8) is 0 Å². The van der Waals surface area contributed by atoms with Gasteiger partial charge in [0.1, 0.15) is 15.0 Å². The Balaban J connectivity index is 2.06. The smallest absolute Gasteiger partial charge is 0.332 e. The van der Waals surface area contributed by atoms with E-state index in [1.165, 1.54) is 7.11 Å². The van der Waals surface area contributed by atoms with E-state index in [0.717, 1.165) is 33.1 Å². The Hall–Kier alpha value is -4.13. The van der Waals surface area contributed by atoms with Crippen molar-refractivity contribution in [3.05, 3.63) is 89.3 Å². The molecule has 0 fully saturated rings. The molecule has 4 rings (SSSR count). The highest BCUT2D eigenvalue weighted by molar-refractivity contribution is 7.07. The summed E-state index contributed by atoms with van der Waals surface area (Å²) >= 11 is 7.41. The van der Waals surface area contributed by atoms with Gasteiger partial charge in [0.05, 0.1) is 30.2 Å². The molecule has 3 aromatic rings.